The normalized spacial score (nSPS) is 11.0. The maximum Gasteiger partial charge on any atom is 0.254 e. The number of aromatic amines is 1. The van der Waals surface area contributed by atoms with Crippen LogP contribution in [-0.2, 0) is 6.54 Å². The van der Waals surface area contributed by atoms with Crippen LogP contribution in [0.1, 0.15) is 35.3 Å². The van der Waals surface area contributed by atoms with E-state index >= 15 is 0 Å². The summed E-state index contributed by atoms with van der Waals surface area (Å²) in [7, 11) is 3.09. The standard InChI is InChI=1S/C24H28N2O4/c1-15(2)13-26(24(28)18-10-20(29-4)12-21(11-18)30-5)14-19-9-17-8-6-7-16(3)22(17)25-23(19)27/h6-12,15H,13-14H2,1-5H3,(H,25,27). The van der Waals surface area contributed by atoms with Gasteiger partial charge < -0.3 is 19.4 Å². The summed E-state index contributed by atoms with van der Waals surface area (Å²) in [6, 6.07) is 12.8. The van der Waals surface area contributed by atoms with Gasteiger partial charge in [-0.25, -0.2) is 0 Å². The Balaban J connectivity index is 1.99. The summed E-state index contributed by atoms with van der Waals surface area (Å²) in [5, 5.41) is 0.949. The summed E-state index contributed by atoms with van der Waals surface area (Å²) in [5.74, 6) is 1.15. The largest absolute Gasteiger partial charge is 0.497 e. The highest BCUT2D eigenvalue weighted by molar-refractivity contribution is 5.95. The molecule has 0 spiro atoms. The Bertz CT molecular complexity index is 1100. The van der Waals surface area contributed by atoms with Crippen LogP contribution < -0.4 is 15.0 Å². The van der Waals surface area contributed by atoms with E-state index in [0.29, 0.717) is 29.2 Å². The average Bonchev–Trinajstić information content (AvgIpc) is 2.73. The molecule has 0 aliphatic heterocycles. The van der Waals surface area contributed by atoms with Gasteiger partial charge in [0.2, 0.25) is 0 Å². The highest BCUT2D eigenvalue weighted by Gasteiger charge is 2.20. The number of aromatic nitrogens is 1. The molecule has 3 aromatic rings. The first-order chi connectivity index (χ1) is 14.3. The van der Waals surface area contributed by atoms with Crippen molar-refractivity contribution in [1.82, 2.24) is 9.88 Å². The lowest BCUT2D eigenvalue weighted by molar-refractivity contribution is 0.0721. The van der Waals surface area contributed by atoms with Crippen LogP contribution in [0.3, 0.4) is 0 Å². The van der Waals surface area contributed by atoms with Gasteiger partial charge in [-0.2, -0.15) is 0 Å². The van der Waals surface area contributed by atoms with Crippen molar-refractivity contribution in [2.45, 2.75) is 27.3 Å². The lowest BCUT2D eigenvalue weighted by Crippen LogP contribution is -2.35. The Kier molecular flexibility index (Phi) is 6.45. The van der Waals surface area contributed by atoms with Crippen molar-refractivity contribution < 1.29 is 14.3 Å². The van der Waals surface area contributed by atoms with Gasteiger partial charge in [-0.1, -0.05) is 32.0 Å². The number of hydrogen-bond donors (Lipinski definition) is 1. The molecule has 0 radical (unpaired) electrons. The maximum atomic E-state index is 13.4. The van der Waals surface area contributed by atoms with E-state index in [2.05, 4.69) is 4.98 Å². The van der Waals surface area contributed by atoms with E-state index in [1.165, 1.54) is 0 Å². The second-order valence-corrected chi connectivity index (χ2v) is 7.84. The van der Waals surface area contributed by atoms with E-state index in [9.17, 15) is 9.59 Å². The van der Waals surface area contributed by atoms with Crippen LogP contribution in [0.5, 0.6) is 11.5 Å². The zero-order chi connectivity index (χ0) is 21.8. The molecule has 0 aliphatic rings. The zero-order valence-corrected chi connectivity index (χ0v) is 18.1. The van der Waals surface area contributed by atoms with Crippen molar-refractivity contribution in [3.05, 3.63) is 69.5 Å². The van der Waals surface area contributed by atoms with Gasteiger partial charge in [0, 0.05) is 23.7 Å². The summed E-state index contributed by atoms with van der Waals surface area (Å²) in [5.41, 5.74) is 2.67. The molecule has 1 aromatic heterocycles. The van der Waals surface area contributed by atoms with Gasteiger partial charge in [-0.05, 0) is 42.0 Å². The summed E-state index contributed by atoms with van der Waals surface area (Å²) in [6.45, 7) is 6.78. The van der Waals surface area contributed by atoms with Gasteiger partial charge in [0.25, 0.3) is 11.5 Å². The quantitative estimate of drug-likeness (QED) is 0.637. The fraction of sp³-hybridized carbons (Fsp3) is 0.333. The molecule has 0 bridgehead atoms. The van der Waals surface area contributed by atoms with E-state index in [0.717, 1.165) is 16.5 Å². The Labute approximate surface area is 176 Å². The Morgan fingerprint density at radius 3 is 2.33 bits per heavy atom. The number of rotatable bonds is 7. The Morgan fingerprint density at radius 1 is 1.07 bits per heavy atom. The smallest absolute Gasteiger partial charge is 0.254 e. The molecule has 0 atom stereocenters. The number of methoxy groups -OCH3 is 2. The van der Waals surface area contributed by atoms with Crippen LogP contribution >= 0.6 is 0 Å². The molecule has 3 rings (SSSR count). The third kappa shape index (κ3) is 4.64. The number of para-hydroxylation sites is 1. The van der Waals surface area contributed by atoms with E-state index in [-0.39, 0.29) is 23.9 Å². The molecule has 158 valence electrons. The number of carbonyl (C=O) groups is 1. The van der Waals surface area contributed by atoms with Crippen LogP contribution in [-0.4, -0.2) is 36.6 Å². The fourth-order valence-corrected chi connectivity index (χ4v) is 3.53. The fourth-order valence-electron chi connectivity index (χ4n) is 3.53. The highest BCUT2D eigenvalue weighted by Crippen LogP contribution is 2.24. The molecule has 1 heterocycles. The van der Waals surface area contributed by atoms with Crippen LogP contribution in [0, 0.1) is 12.8 Å². The molecule has 6 nitrogen and oxygen atoms in total. The van der Waals surface area contributed by atoms with E-state index < -0.39 is 0 Å². The van der Waals surface area contributed by atoms with Gasteiger partial charge >= 0.3 is 0 Å². The Hall–Kier alpha value is -3.28. The van der Waals surface area contributed by atoms with Crippen LogP contribution in [0.25, 0.3) is 10.9 Å². The number of nitrogens with one attached hydrogen (secondary N) is 1. The molecular weight excluding hydrogens is 380 g/mol. The lowest BCUT2D eigenvalue weighted by Gasteiger charge is -2.25. The third-order valence-electron chi connectivity index (χ3n) is 5.00. The van der Waals surface area contributed by atoms with Gasteiger partial charge in [0.05, 0.1) is 26.3 Å². The number of benzene rings is 2. The lowest BCUT2D eigenvalue weighted by atomic mass is 10.1. The first kappa shape index (κ1) is 21.4. The van der Waals surface area contributed by atoms with Gasteiger partial charge in [0.15, 0.2) is 0 Å². The molecule has 30 heavy (non-hydrogen) atoms. The third-order valence-corrected chi connectivity index (χ3v) is 5.00. The minimum atomic E-state index is -0.179. The van der Waals surface area contributed by atoms with Crippen LogP contribution in [0.15, 0.2) is 47.3 Å². The van der Waals surface area contributed by atoms with E-state index in [4.69, 9.17) is 9.47 Å². The number of fused-ring (bicyclic) bond motifs is 1. The predicted molar refractivity (Wildman–Crippen MR) is 118 cm³/mol. The molecule has 0 saturated carbocycles. The summed E-state index contributed by atoms with van der Waals surface area (Å²) >= 11 is 0. The zero-order valence-electron chi connectivity index (χ0n) is 18.1. The number of nitrogens with zero attached hydrogens (tertiary/aromatic N) is 1. The van der Waals surface area contributed by atoms with Gasteiger partial charge in [-0.3, -0.25) is 9.59 Å². The van der Waals surface area contributed by atoms with Crippen molar-refractivity contribution in [3.63, 3.8) is 0 Å². The van der Waals surface area contributed by atoms with Crippen molar-refractivity contribution in [2.24, 2.45) is 5.92 Å². The topological polar surface area (TPSA) is 71.6 Å². The number of amides is 1. The second kappa shape index (κ2) is 9.03. The molecule has 0 aliphatic carbocycles. The summed E-state index contributed by atoms with van der Waals surface area (Å²) in [6.07, 6.45) is 0. The van der Waals surface area contributed by atoms with Crippen molar-refractivity contribution in [2.75, 3.05) is 20.8 Å². The maximum absolute atomic E-state index is 13.4. The number of pyridine rings is 1. The summed E-state index contributed by atoms with van der Waals surface area (Å²) in [4.78, 5) is 30.8. The molecule has 0 saturated heterocycles. The number of carbonyl (C=O) groups excluding carboxylic acids is 1. The molecule has 6 heteroatoms. The SMILES string of the molecule is COc1cc(OC)cc(C(=O)N(Cc2cc3cccc(C)c3[nH]c2=O)CC(C)C)c1. The van der Waals surface area contributed by atoms with Gasteiger partial charge in [0.1, 0.15) is 11.5 Å². The van der Waals surface area contributed by atoms with Crippen LogP contribution in [0.4, 0.5) is 0 Å². The van der Waals surface area contributed by atoms with E-state index in [1.807, 2.05) is 45.0 Å². The predicted octanol–water partition coefficient (Wildman–Crippen LogP) is 4.15. The minimum absolute atomic E-state index is 0.176. The molecule has 0 unspecified atom stereocenters. The molecule has 1 N–H and O–H groups in total. The molecule has 2 aromatic carbocycles. The van der Waals surface area contributed by atoms with Crippen molar-refractivity contribution in [3.8, 4) is 11.5 Å². The molecule has 0 fully saturated rings. The molecular formula is C24H28N2O4. The monoisotopic (exact) mass is 408 g/mol. The number of ether oxygens (including phenoxy) is 2. The van der Waals surface area contributed by atoms with Crippen molar-refractivity contribution >= 4 is 16.8 Å². The highest BCUT2D eigenvalue weighted by atomic mass is 16.5. The van der Waals surface area contributed by atoms with Gasteiger partial charge in [-0.15, -0.1) is 0 Å². The molecule has 1 amide bonds. The first-order valence-electron chi connectivity index (χ1n) is 9.96. The Morgan fingerprint density at radius 2 is 1.73 bits per heavy atom. The number of hydrogen-bond acceptors (Lipinski definition) is 4. The van der Waals surface area contributed by atoms with E-state index in [1.54, 1.807) is 37.3 Å². The van der Waals surface area contributed by atoms with Crippen LogP contribution in [0.2, 0.25) is 0 Å². The van der Waals surface area contributed by atoms with Crippen molar-refractivity contribution in [1.29, 1.82) is 0 Å². The minimum Gasteiger partial charge on any atom is -0.497 e. The first-order valence-corrected chi connectivity index (χ1v) is 9.96. The summed E-state index contributed by atoms with van der Waals surface area (Å²) < 4.78 is 10.6. The number of H-pyrrole nitrogens is 1. The second-order valence-electron chi connectivity index (χ2n) is 7.84. The number of aryl methyl sites for hydroxylation is 1. The average molecular weight is 408 g/mol.